The third kappa shape index (κ3) is 5.75. The smallest absolute Gasteiger partial charge is 0.407 e. The van der Waals surface area contributed by atoms with E-state index in [1.165, 1.54) is 24.1 Å². The standard InChI is InChI=1S/C25H26Cl2FN5O4/c1-14-13-32(25(34)35)8-9-33(14)24-20(37-10-7-16-17(26)4-5-18(28)22(16)27)11-19(36-2)23(31-24)15-3-6-21(29)30-12-15/h3-6,11-12,14H,7-10,13H2,1-2H3,(H2,29,30)(H,34,35)/t14-/m0/s1. The molecule has 196 valence electrons. The molecule has 0 aliphatic carbocycles. The van der Waals surface area contributed by atoms with E-state index in [0.29, 0.717) is 64.6 Å². The molecular weight excluding hydrogens is 524 g/mol. The van der Waals surface area contributed by atoms with Crippen LogP contribution < -0.4 is 20.1 Å². The molecular formula is C25H26Cl2FN5O4. The van der Waals surface area contributed by atoms with Crippen molar-refractivity contribution in [3.63, 3.8) is 0 Å². The highest BCUT2D eigenvalue weighted by atomic mass is 35.5. The number of nitrogen functional groups attached to an aromatic ring is 1. The minimum absolute atomic E-state index is 0.0448. The number of carboxylic acid groups (broad SMARTS) is 1. The van der Waals surface area contributed by atoms with Crippen molar-refractivity contribution in [2.75, 3.05) is 44.0 Å². The van der Waals surface area contributed by atoms with E-state index in [-0.39, 0.29) is 24.1 Å². The van der Waals surface area contributed by atoms with Gasteiger partial charge in [-0.3, -0.25) is 0 Å². The molecule has 0 saturated carbocycles. The van der Waals surface area contributed by atoms with Crippen LogP contribution in [0.5, 0.6) is 11.5 Å². The van der Waals surface area contributed by atoms with Crippen molar-refractivity contribution < 1.29 is 23.8 Å². The maximum absolute atomic E-state index is 14.0. The Bertz CT molecular complexity index is 1300. The molecule has 1 aliphatic rings. The Morgan fingerprint density at radius 1 is 1.24 bits per heavy atom. The summed E-state index contributed by atoms with van der Waals surface area (Å²) in [4.78, 5) is 23.9. The van der Waals surface area contributed by atoms with Gasteiger partial charge in [-0.1, -0.05) is 23.2 Å². The topological polar surface area (TPSA) is 114 Å². The van der Waals surface area contributed by atoms with Crippen LogP contribution in [0, 0.1) is 5.82 Å². The minimum Gasteiger partial charge on any atom is -0.494 e. The number of nitrogens with two attached hydrogens (primary N) is 1. The molecule has 0 spiro atoms. The van der Waals surface area contributed by atoms with E-state index < -0.39 is 11.9 Å². The summed E-state index contributed by atoms with van der Waals surface area (Å²) in [6.07, 6.45) is 0.885. The van der Waals surface area contributed by atoms with Crippen molar-refractivity contribution in [2.24, 2.45) is 0 Å². The molecule has 1 fully saturated rings. The number of hydrogen-bond donors (Lipinski definition) is 2. The van der Waals surface area contributed by atoms with Gasteiger partial charge in [0.1, 0.15) is 23.1 Å². The second-order valence-electron chi connectivity index (χ2n) is 8.52. The number of carbonyl (C=O) groups is 1. The van der Waals surface area contributed by atoms with Gasteiger partial charge in [0.05, 0.1) is 18.7 Å². The molecule has 3 N–H and O–H groups in total. The number of ether oxygens (including phenoxy) is 2. The van der Waals surface area contributed by atoms with Gasteiger partial charge in [-0.25, -0.2) is 19.2 Å². The molecule has 0 radical (unpaired) electrons. The van der Waals surface area contributed by atoms with E-state index in [4.69, 9.17) is 43.4 Å². The first-order valence-electron chi connectivity index (χ1n) is 11.5. The first kappa shape index (κ1) is 26.6. The number of rotatable bonds is 7. The molecule has 3 aromatic rings. The van der Waals surface area contributed by atoms with E-state index in [1.54, 1.807) is 24.4 Å². The fraction of sp³-hybridized carbons (Fsp3) is 0.320. The summed E-state index contributed by atoms with van der Waals surface area (Å²) in [5.74, 6) is 1.20. The Balaban J connectivity index is 1.69. The summed E-state index contributed by atoms with van der Waals surface area (Å²) in [6, 6.07) is 7.66. The van der Waals surface area contributed by atoms with Crippen LogP contribution in [0.1, 0.15) is 12.5 Å². The zero-order chi connectivity index (χ0) is 26.7. The summed E-state index contributed by atoms with van der Waals surface area (Å²) in [6.45, 7) is 3.06. The van der Waals surface area contributed by atoms with Crippen LogP contribution >= 0.6 is 23.2 Å². The molecule has 37 heavy (non-hydrogen) atoms. The van der Waals surface area contributed by atoms with Gasteiger partial charge in [0.25, 0.3) is 0 Å². The monoisotopic (exact) mass is 549 g/mol. The molecule has 1 saturated heterocycles. The Hall–Kier alpha value is -3.50. The first-order valence-corrected chi connectivity index (χ1v) is 12.3. The lowest BCUT2D eigenvalue weighted by atomic mass is 10.1. The van der Waals surface area contributed by atoms with Gasteiger partial charge in [-0.05, 0) is 36.8 Å². The third-order valence-electron chi connectivity index (χ3n) is 6.13. The molecule has 3 heterocycles. The SMILES string of the molecule is COc1cc(OCCc2c(Cl)ccc(F)c2Cl)c(N2CCN(C(=O)O)C[C@@H]2C)nc1-c1ccc(N)nc1. The van der Waals surface area contributed by atoms with Gasteiger partial charge >= 0.3 is 6.09 Å². The minimum atomic E-state index is -0.969. The second-order valence-corrected chi connectivity index (χ2v) is 9.31. The number of aromatic nitrogens is 2. The predicted molar refractivity (Wildman–Crippen MR) is 140 cm³/mol. The van der Waals surface area contributed by atoms with Crippen LogP contribution in [0.4, 0.5) is 20.8 Å². The number of pyridine rings is 2. The van der Waals surface area contributed by atoms with Gasteiger partial charge in [0.15, 0.2) is 11.6 Å². The van der Waals surface area contributed by atoms with Crippen molar-refractivity contribution in [3.05, 3.63) is 58.0 Å². The maximum Gasteiger partial charge on any atom is 0.407 e. The van der Waals surface area contributed by atoms with Crippen molar-refractivity contribution >= 4 is 40.9 Å². The molecule has 2 aromatic heterocycles. The Morgan fingerprint density at radius 3 is 2.68 bits per heavy atom. The van der Waals surface area contributed by atoms with Crippen molar-refractivity contribution in [1.29, 1.82) is 0 Å². The van der Waals surface area contributed by atoms with Crippen LogP contribution in [0.2, 0.25) is 10.0 Å². The van der Waals surface area contributed by atoms with Crippen molar-refractivity contribution in [2.45, 2.75) is 19.4 Å². The average Bonchev–Trinajstić information content (AvgIpc) is 2.88. The fourth-order valence-corrected chi connectivity index (χ4v) is 4.75. The Labute approximate surface area is 223 Å². The van der Waals surface area contributed by atoms with Crippen LogP contribution in [0.3, 0.4) is 0 Å². The van der Waals surface area contributed by atoms with Crippen molar-refractivity contribution in [3.8, 4) is 22.8 Å². The maximum atomic E-state index is 14.0. The highest BCUT2D eigenvalue weighted by molar-refractivity contribution is 6.36. The highest BCUT2D eigenvalue weighted by Gasteiger charge is 2.30. The number of methoxy groups -OCH3 is 1. The van der Waals surface area contributed by atoms with Crippen molar-refractivity contribution in [1.82, 2.24) is 14.9 Å². The summed E-state index contributed by atoms with van der Waals surface area (Å²) in [5, 5.41) is 9.72. The first-order chi connectivity index (χ1) is 17.7. The number of anilines is 2. The normalized spacial score (nSPS) is 15.5. The van der Waals surface area contributed by atoms with E-state index >= 15 is 0 Å². The summed E-state index contributed by atoms with van der Waals surface area (Å²) in [5.41, 5.74) is 7.41. The van der Waals surface area contributed by atoms with Gasteiger partial charge in [-0.2, -0.15) is 0 Å². The number of halogens is 3. The van der Waals surface area contributed by atoms with Gasteiger partial charge in [-0.15, -0.1) is 0 Å². The van der Waals surface area contributed by atoms with E-state index in [2.05, 4.69) is 4.98 Å². The predicted octanol–water partition coefficient (Wildman–Crippen LogP) is 4.99. The Morgan fingerprint density at radius 2 is 2.03 bits per heavy atom. The quantitative estimate of drug-likeness (QED) is 0.396. The zero-order valence-electron chi connectivity index (χ0n) is 20.2. The number of hydrogen-bond acceptors (Lipinski definition) is 7. The van der Waals surface area contributed by atoms with Gasteiger partial charge < -0.3 is 30.1 Å². The highest BCUT2D eigenvalue weighted by Crippen LogP contribution is 2.39. The molecule has 0 unspecified atom stereocenters. The van der Waals surface area contributed by atoms with Crippen LogP contribution in [0.15, 0.2) is 36.5 Å². The summed E-state index contributed by atoms with van der Waals surface area (Å²) < 4.78 is 25.7. The fourth-order valence-electron chi connectivity index (χ4n) is 4.20. The zero-order valence-corrected chi connectivity index (χ0v) is 21.8. The summed E-state index contributed by atoms with van der Waals surface area (Å²) >= 11 is 12.3. The number of nitrogens with zero attached hydrogens (tertiary/aromatic N) is 4. The average molecular weight is 550 g/mol. The lowest BCUT2D eigenvalue weighted by Gasteiger charge is -2.40. The lowest BCUT2D eigenvalue weighted by molar-refractivity contribution is 0.136. The molecule has 1 amide bonds. The number of amides is 1. The lowest BCUT2D eigenvalue weighted by Crippen LogP contribution is -2.53. The molecule has 1 atom stereocenters. The number of benzene rings is 1. The van der Waals surface area contributed by atoms with Crippen LogP contribution in [-0.2, 0) is 6.42 Å². The molecule has 9 nitrogen and oxygen atoms in total. The van der Waals surface area contributed by atoms with E-state index in [9.17, 15) is 14.3 Å². The summed E-state index contributed by atoms with van der Waals surface area (Å²) in [7, 11) is 1.52. The van der Waals surface area contributed by atoms with Gasteiger partial charge in [0, 0.05) is 54.9 Å². The van der Waals surface area contributed by atoms with Gasteiger partial charge in [0.2, 0.25) is 0 Å². The molecule has 1 aliphatic heterocycles. The van der Waals surface area contributed by atoms with E-state index in [0.717, 1.165) is 0 Å². The molecule has 12 heteroatoms. The molecule has 4 rings (SSSR count). The van der Waals surface area contributed by atoms with Crippen LogP contribution in [0.25, 0.3) is 11.3 Å². The molecule has 1 aromatic carbocycles. The third-order valence-corrected chi connectivity index (χ3v) is 6.89. The van der Waals surface area contributed by atoms with Crippen LogP contribution in [-0.4, -0.2) is 65.5 Å². The second kappa shape index (κ2) is 11.3. The number of piperazine rings is 1. The Kier molecular flexibility index (Phi) is 8.09. The molecule has 0 bridgehead atoms. The largest absolute Gasteiger partial charge is 0.494 e. The van der Waals surface area contributed by atoms with E-state index in [1.807, 2.05) is 11.8 Å².